The van der Waals surface area contributed by atoms with Crippen molar-refractivity contribution in [3.05, 3.63) is 59.4 Å². The number of nitrogens with two attached hydrogens (primary N) is 1. The number of nitrogen functional groups attached to an aromatic ring is 1. The van der Waals surface area contributed by atoms with Crippen LogP contribution in [0.4, 0.5) is 18.9 Å². The molecule has 2 aromatic rings. The Bertz CT molecular complexity index is 760. The van der Waals surface area contributed by atoms with E-state index in [4.69, 9.17) is 5.73 Å². The molecule has 20 heavy (non-hydrogen) atoms. The SMILES string of the molecule is Nc1cccc(CS(=O)(=O)c2ccc(F)cc2F)c1F. The molecule has 0 spiro atoms. The number of hydrogen-bond acceptors (Lipinski definition) is 3. The van der Waals surface area contributed by atoms with Crippen molar-refractivity contribution in [2.75, 3.05) is 5.73 Å². The lowest BCUT2D eigenvalue weighted by Crippen LogP contribution is -2.09. The van der Waals surface area contributed by atoms with Crippen LogP contribution in [-0.2, 0) is 15.6 Å². The molecule has 3 nitrogen and oxygen atoms in total. The molecule has 0 aliphatic rings. The second-order valence-electron chi connectivity index (χ2n) is 4.15. The van der Waals surface area contributed by atoms with Crippen LogP contribution in [0.2, 0.25) is 0 Å². The fourth-order valence-electron chi connectivity index (χ4n) is 1.72. The fraction of sp³-hybridized carbons (Fsp3) is 0.0769. The molecule has 0 radical (unpaired) electrons. The zero-order valence-corrected chi connectivity index (χ0v) is 10.9. The van der Waals surface area contributed by atoms with Crippen LogP contribution in [0.3, 0.4) is 0 Å². The lowest BCUT2D eigenvalue weighted by Gasteiger charge is -2.08. The molecule has 0 atom stereocenters. The molecule has 0 fully saturated rings. The van der Waals surface area contributed by atoms with Crippen molar-refractivity contribution in [2.24, 2.45) is 0 Å². The summed E-state index contributed by atoms with van der Waals surface area (Å²) in [5, 5.41) is 0. The van der Waals surface area contributed by atoms with E-state index in [1.165, 1.54) is 18.2 Å². The van der Waals surface area contributed by atoms with Crippen LogP contribution in [0.5, 0.6) is 0 Å². The maximum absolute atomic E-state index is 13.7. The highest BCUT2D eigenvalue weighted by Crippen LogP contribution is 2.23. The molecule has 2 N–H and O–H groups in total. The van der Waals surface area contributed by atoms with Crippen molar-refractivity contribution in [1.82, 2.24) is 0 Å². The number of sulfone groups is 1. The van der Waals surface area contributed by atoms with E-state index in [2.05, 4.69) is 0 Å². The molecule has 0 unspecified atom stereocenters. The minimum atomic E-state index is -4.14. The first-order valence-corrected chi connectivity index (χ1v) is 7.17. The predicted octanol–water partition coefficient (Wildman–Crippen LogP) is 2.66. The zero-order valence-electron chi connectivity index (χ0n) is 10.1. The molecule has 0 aliphatic carbocycles. The highest BCUT2D eigenvalue weighted by atomic mass is 32.2. The van der Waals surface area contributed by atoms with Crippen molar-refractivity contribution < 1.29 is 21.6 Å². The average molecular weight is 301 g/mol. The molecular formula is C13H10F3NO2S. The van der Waals surface area contributed by atoms with Crippen LogP contribution < -0.4 is 5.73 Å². The third kappa shape index (κ3) is 2.77. The molecular weight excluding hydrogens is 291 g/mol. The van der Waals surface area contributed by atoms with E-state index in [0.717, 1.165) is 12.1 Å². The normalized spacial score (nSPS) is 11.6. The fourth-order valence-corrected chi connectivity index (χ4v) is 3.14. The van der Waals surface area contributed by atoms with Crippen LogP contribution in [0.15, 0.2) is 41.3 Å². The van der Waals surface area contributed by atoms with Gasteiger partial charge in [0, 0.05) is 11.6 Å². The van der Waals surface area contributed by atoms with Gasteiger partial charge >= 0.3 is 0 Å². The number of anilines is 1. The molecule has 106 valence electrons. The quantitative estimate of drug-likeness (QED) is 0.700. The third-order valence-corrected chi connectivity index (χ3v) is 4.38. The van der Waals surface area contributed by atoms with E-state index in [1.54, 1.807) is 0 Å². The van der Waals surface area contributed by atoms with Crippen LogP contribution >= 0.6 is 0 Å². The molecule has 0 saturated heterocycles. The molecule has 2 rings (SSSR count). The van der Waals surface area contributed by atoms with Gasteiger partial charge in [0.25, 0.3) is 0 Å². The van der Waals surface area contributed by atoms with Crippen molar-refractivity contribution in [2.45, 2.75) is 10.6 Å². The van der Waals surface area contributed by atoms with E-state index in [0.29, 0.717) is 6.07 Å². The maximum atomic E-state index is 13.7. The summed E-state index contributed by atoms with van der Waals surface area (Å²) in [6.07, 6.45) is 0. The van der Waals surface area contributed by atoms with Gasteiger partial charge in [-0.25, -0.2) is 21.6 Å². The summed E-state index contributed by atoms with van der Waals surface area (Å²) < 4.78 is 64.0. The lowest BCUT2D eigenvalue weighted by atomic mass is 10.2. The molecule has 0 aliphatic heterocycles. The van der Waals surface area contributed by atoms with Gasteiger partial charge in [-0.1, -0.05) is 12.1 Å². The minimum absolute atomic E-state index is 0.172. The molecule has 0 saturated carbocycles. The van der Waals surface area contributed by atoms with Gasteiger partial charge < -0.3 is 5.73 Å². The van der Waals surface area contributed by atoms with Crippen molar-refractivity contribution in [3.8, 4) is 0 Å². The molecule has 0 bridgehead atoms. The smallest absolute Gasteiger partial charge is 0.185 e. The van der Waals surface area contributed by atoms with Gasteiger partial charge in [-0.15, -0.1) is 0 Å². The highest BCUT2D eigenvalue weighted by molar-refractivity contribution is 7.90. The highest BCUT2D eigenvalue weighted by Gasteiger charge is 2.22. The summed E-state index contributed by atoms with van der Waals surface area (Å²) in [6.45, 7) is 0. The van der Waals surface area contributed by atoms with Gasteiger partial charge in [-0.05, 0) is 18.2 Å². The Morgan fingerprint density at radius 2 is 1.75 bits per heavy atom. The van der Waals surface area contributed by atoms with Gasteiger partial charge in [-0.3, -0.25) is 0 Å². The Hall–Kier alpha value is -2.02. The van der Waals surface area contributed by atoms with Crippen LogP contribution in [0.1, 0.15) is 5.56 Å². The predicted molar refractivity (Wildman–Crippen MR) is 68.1 cm³/mol. The monoisotopic (exact) mass is 301 g/mol. The van der Waals surface area contributed by atoms with Crippen molar-refractivity contribution in [1.29, 1.82) is 0 Å². The molecule has 7 heteroatoms. The van der Waals surface area contributed by atoms with E-state index in [1.807, 2.05) is 0 Å². The molecule has 2 aromatic carbocycles. The Balaban J connectivity index is 2.44. The number of benzene rings is 2. The summed E-state index contributed by atoms with van der Waals surface area (Å²) >= 11 is 0. The van der Waals surface area contributed by atoms with Gasteiger partial charge in [0.2, 0.25) is 0 Å². The van der Waals surface area contributed by atoms with Crippen LogP contribution in [0, 0.1) is 17.5 Å². The summed E-state index contributed by atoms with van der Waals surface area (Å²) in [6, 6.07) is 6.01. The average Bonchev–Trinajstić information content (AvgIpc) is 2.34. The minimum Gasteiger partial charge on any atom is -0.396 e. The van der Waals surface area contributed by atoms with Gasteiger partial charge in [0.05, 0.1) is 11.4 Å². The molecule has 0 aromatic heterocycles. The van der Waals surface area contributed by atoms with Crippen molar-refractivity contribution >= 4 is 15.5 Å². The number of halogens is 3. The van der Waals surface area contributed by atoms with E-state index in [9.17, 15) is 21.6 Å². The first kappa shape index (κ1) is 14.4. The summed E-state index contributed by atoms with van der Waals surface area (Å²) in [7, 11) is -4.14. The first-order valence-electron chi connectivity index (χ1n) is 5.52. The Morgan fingerprint density at radius 3 is 2.40 bits per heavy atom. The van der Waals surface area contributed by atoms with E-state index in [-0.39, 0.29) is 11.3 Å². The maximum Gasteiger partial charge on any atom is 0.185 e. The molecule has 0 amide bonds. The van der Waals surface area contributed by atoms with E-state index >= 15 is 0 Å². The summed E-state index contributed by atoms with van der Waals surface area (Å²) in [5.74, 6) is -3.73. The first-order chi connectivity index (χ1) is 9.31. The topological polar surface area (TPSA) is 60.2 Å². The summed E-state index contributed by atoms with van der Waals surface area (Å²) in [4.78, 5) is -0.680. The second kappa shape index (κ2) is 5.16. The zero-order chi connectivity index (χ0) is 14.9. The van der Waals surface area contributed by atoms with Crippen LogP contribution in [-0.4, -0.2) is 8.42 Å². The van der Waals surface area contributed by atoms with E-state index < -0.39 is 37.9 Å². The number of rotatable bonds is 3. The standard InChI is InChI=1S/C13H10F3NO2S/c14-9-4-5-12(10(15)6-9)20(18,19)7-8-2-1-3-11(17)13(8)16/h1-6H,7,17H2. The van der Waals surface area contributed by atoms with Gasteiger partial charge in [-0.2, -0.15) is 0 Å². The summed E-state index contributed by atoms with van der Waals surface area (Å²) in [5.41, 5.74) is 4.97. The van der Waals surface area contributed by atoms with Gasteiger partial charge in [0.15, 0.2) is 9.84 Å². The largest absolute Gasteiger partial charge is 0.396 e. The number of hydrogen-bond donors (Lipinski definition) is 1. The Kier molecular flexibility index (Phi) is 3.71. The second-order valence-corrected chi connectivity index (χ2v) is 6.11. The third-order valence-electron chi connectivity index (χ3n) is 2.68. The van der Waals surface area contributed by atoms with Crippen molar-refractivity contribution in [3.63, 3.8) is 0 Å². The van der Waals surface area contributed by atoms with Crippen LogP contribution in [0.25, 0.3) is 0 Å². The Morgan fingerprint density at radius 1 is 1.05 bits per heavy atom. The molecule has 0 heterocycles. The van der Waals surface area contributed by atoms with Gasteiger partial charge in [0.1, 0.15) is 22.3 Å². The lowest BCUT2D eigenvalue weighted by molar-refractivity contribution is 0.547. The Labute approximate surface area is 113 Å².